The number of amides is 1. The third-order valence-corrected chi connectivity index (χ3v) is 3.93. The zero-order valence-electron chi connectivity index (χ0n) is 12.3. The molecule has 6 nitrogen and oxygen atoms in total. The summed E-state index contributed by atoms with van der Waals surface area (Å²) in [7, 11) is 1.43. The number of rotatable bonds is 4. The summed E-state index contributed by atoms with van der Waals surface area (Å²) in [6.07, 6.45) is 4.05. The molecule has 0 spiro atoms. The van der Waals surface area contributed by atoms with E-state index < -0.39 is 5.97 Å². The minimum absolute atomic E-state index is 0.115. The van der Waals surface area contributed by atoms with Crippen LogP contribution in [0.3, 0.4) is 0 Å². The van der Waals surface area contributed by atoms with Crippen LogP contribution < -0.4 is 4.74 Å². The quantitative estimate of drug-likeness (QED) is 0.911. The lowest BCUT2D eigenvalue weighted by Crippen LogP contribution is -2.37. The highest BCUT2D eigenvalue weighted by molar-refractivity contribution is 5.90. The highest BCUT2D eigenvalue weighted by Gasteiger charge is 2.22. The van der Waals surface area contributed by atoms with Gasteiger partial charge in [-0.3, -0.25) is 9.78 Å². The highest BCUT2D eigenvalue weighted by atomic mass is 16.5. The van der Waals surface area contributed by atoms with E-state index in [4.69, 9.17) is 4.74 Å². The number of nitrogens with zero attached hydrogens (tertiary/aromatic N) is 2. The summed E-state index contributed by atoms with van der Waals surface area (Å²) in [5, 5.41) is 9.17. The lowest BCUT2D eigenvalue weighted by molar-refractivity contribution is -0.130. The van der Waals surface area contributed by atoms with Gasteiger partial charge in [-0.05, 0) is 31.2 Å². The van der Waals surface area contributed by atoms with Gasteiger partial charge in [0.1, 0.15) is 5.56 Å². The first-order valence-corrected chi connectivity index (χ1v) is 7.03. The zero-order valence-corrected chi connectivity index (χ0v) is 12.3. The number of piperidine rings is 1. The first kappa shape index (κ1) is 15.3. The standard InChI is InChI=1S/C15H20N2O4/c1-10(18)17-5-3-11(4-6-17)7-12-8-13(15(19)20)14(21-2)9-16-12/h8-9,11H,3-7H2,1-2H3,(H,19,20). The Hall–Kier alpha value is -2.11. The molecule has 2 heterocycles. The lowest BCUT2D eigenvalue weighted by atomic mass is 9.91. The zero-order chi connectivity index (χ0) is 15.4. The second-order valence-corrected chi connectivity index (χ2v) is 5.33. The molecule has 0 saturated carbocycles. The van der Waals surface area contributed by atoms with Gasteiger partial charge in [-0.2, -0.15) is 0 Å². The molecule has 0 aliphatic carbocycles. The number of likely N-dealkylation sites (tertiary alicyclic amines) is 1. The van der Waals surface area contributed by atoms with E-state index in [1.807, 2.05) is 4.90 Å². The number of ether oxygens (including phenoxy) is 1. The number of carbonyl (C=O) groups excluding carboxylic acids is 1. The molecule has 114 valence electrons. The molecule has 0 aromatic carbocycles. The van der Waals surface area contributed by atoms with Gasteiger partial charge in [0.05, 0.1) is 13.3 Å². The summed E-state index contributed by atoms with van der Waals surface area (Å²) >= 11 is 0. The van der Waals surface area contributed by atoms with Crippen LogP contribution in [0.4, 0.5) is 0 Å². The van der Waals surface area contributed by atoms with Crippen molar-refractivity contribution >= 4 is 11.9 Å². The van der Waals surface area contributed by atoms with E-state index in [2.05, 4.69) is 4.98 Å². The van der Waals surface area contributed by atoms with Crippen molar-refractivity contribution in [2.24, 2.45) is 5.92 Å². The fourth-order valence-corrected chi connectivity index (χ4v) is 2.68. The third kappa shape index (κ3) is 3.71. The van der Waals surface area contributed by atoms with Gasteiger partial charge in [0, 0.05) is 25.7 Å². The van der Waals surface area contributed by atoms with Crippen LogP contribution in [0, 0.1) is 5.92 Å². The van der Waals surface area contributed by atoms with Gasteiger partial charge in [0.2, 0.25) is 5.91 Å². The molecule has 1 saturated heterocycles. The van der Waals surface area contributed by atoms with Gasteiger partial charge >= 0.3 is 5.97 Å². The summed E-state index contributed by atoms with van der Waals surface area (Å²) in [6.45, 7) is 3.12. The SMILES string of the molecule is COc1cnc(CC2CCN(C(C)=O)CC2)cc1C(=O)O. The fraction of sp³-hybridized carbons (Fsp3) is 0.533. The van der Waals surface area contributed by atoms with Gasteiger partial charge in [0.25, 0.3) is 0 Å². The molecule has 1 aliphatic rings. The maximum atomic E-state index is 11.3. The molecule has 0 unspecified atom stereocenters. The van der Waals surface area contributed by atoms with Crippen LogP contribution in [0.5, 0.6) is 5.75 Å². The Morgan fingerprint density at radius 3 is 2.62 bits per heavy atom. The van der Waals surface area contributed by atoms with Crippen LogP contribution in [0.1, 0.15) is 35.8 Å². The highest BCUT2D eigenvalue weighted by Crippen LogP contribution is 2.24. The third-order valence-electron chi connectivity index (χ3n) is 3.93. The fourth-order valence-electron chi connectivity index (χ4n) is 2.68. The van der Waals surface area contributed by atoms with Crippen molar-refractivity contribution in [3.63, 3.8) is 0 Å². The Balaban J connectivity index is 2.02. The maximum absolute atomic E-state index is 11.3. The van der Waals surface area contributed by atoms with Crippen molar-refractivity contribution in [2.45, 2.75) is 26.2 Å². The molecule has 1 aromatic heterocycles. The van der Waals surface area contributed by atoms with Crippen molar-refractivity contribution in [1.29, 1.82) is 0 Å². The Labute approximate surface area is 123 Å². The molecule has 1 aliphatic heterocycles. The molecular weight excluding hydrogens is 272 g/mol. The van der Waals surface area contributed by atoms with Gasteiger partial charge in [0.15, 0.2) is 5.75 Å². The number of carboxylic acids is 1. The number of aromatic carboxylic acids is 1. The molecule has 0 radical (unpaired) electrons. The number of carbonyl (C=O) groups is 2. The monoisotopic (exact) mass is 292 g/mol. The van der Waals surface area contributed by atoms with E-state index in [1.165, 1.54) is 13.3 Å². The van der Waals surface area contributed by atoms with Crippen molar-refractivity contribution in [1.82, 2.24) is 9.88 Å². The number of pyridine rings is 1. The Kier molecular flexibility index (Phi) is 4.77. The molecule has 0 atom stereocenters. The van der Waals surface area contributed by atoms with Crippen LogP contribution in [0.25, 0.3) is 0 Å². The molecule has 6 heteroatoms. The number of hydrogen-bond donors (Lipinski definition) is 1. The first-order chi connectivity index (χ1) is 10.0. The molecule has 0 bridgehead atoms. The van der Waals surface area contributed by atoms with Crippen LogP contribution in [-0.4, -0.2) is 47.1 Å². The smallest absolute Gasteiger partial charge is 0.339 e. The summed E-state index contributed by atoms with van der Waals surface area (Å²) < 4.78 is 5.00. The molecule has 1 amide bonds. The van der Waals surface area contributed by atoms with E-state index in [0.29, 0.717) is 5.92 Å². The maximum Gasteiger partial charge on any atom is 0.339 e. The van der Waals surface area contributed by atoms with Crippen molar-refractivity contribution in [3.05, 3.63) is 23.5 Å². The Bertz CT molecular complexity index is 536. The number of carboxylic acid groups (broad SMARTS) is 1. The van der Waals surface area contributed by atoms with E-state index in [-0.39, 0.29) is 17.2 Å². The van der Waals surface area contributed by atoms with E-state index in [1.54, 1.807) is 13.0 Å². The first-order valence-electron chi connectivity index (χ1n) is 7.03. The van der Waals surface area contributed by atoms with Gasteiger partial charge in [-0.15, -0.1) is 0 Å². The van der Waals surface area contributed by atoms with Crippen molar-refractivity contribution in [2.75, 3.05) is 20.2 Å². The lowest BCUT2D eigenvalue weighted by Gasteiger charge is -2.31. The predicted octanol–water partition coefficient (Wildman–Crippen LogP) is 1.59. The number of methoxy groups -OCH3 is 1. The minimum atomic E-state index is -1.01. The molecular formula is C15H20N2O4. The molecule has 1 aromatic rings. The van der Waals surface area contributed by atoms with Crippen molar-refractivity contribution < 1.29 is 19.4 Å². The molecule has 2 rings (SSSR count). The van der Waals surface area contributed by atoms with Gasteiger partial charge in [-0.1, -0.05) is 0 Å². The molecule has 1 fully saturated rings. The number of aromatic nitrogens is 1. The summed E-state index contributed by atoms with van der Waals surface area (Å²) in [5.74, 6) is -0.188. The Morgan fingerprint density at radius 1 is 1.43 bits per heavy atom. The largest absolute Gasteiger partial charge is 0.494 e. The predicted molar refractivity (Wildman–Crippen MR) is 76.4 cm³/mol. The van der Waals surface area contributed by atoms with Crippen LogP contribution >= 0.6 is 0 Å². The normalized spacial score (nSPS) is 15.8. The van der Waals surface area contributed by atoms with Crippen LogP contribution in [0.15, 0.2) is 12.3 Å². The van der Waals surface area contributed by atoms with Gasteiger partial charge in [-0.25, -0.2) is 4.79 Å². The van der Waals surface area contributed by atoms with Gasteiger partial charge < -0.3 is 14.7 Å². The van der Waals surface area contributed by atoms with E-state index in [9.17, 15) is 14.7 Å². The molecule has 1 N–H and O–H groups in total. The van der Waals surface area contributed by atoms with Crippen molar-refractivity contribution in [3.8, 4) is 5.75 Å². The second-order valence-electron chi connectivity index (χ2n) is 5.33. The second kappa shape index (κ2) is 6.56. The van der Waals surface area contributed by atoms with Crippen LogP contribution in [0.2, 0.25) is 0 Å². The van der Waals surface area contributed by atoms with E-state index in [0.717, 1.165) is 38.0 Å². The minimum Gasteiger partial charge on any atom is -0.494 e. The number of hydrogen-bond acceptors (Lipinski definition) is 4. The van der Waals surface area contributed by atoms with Crippen LogP contribution in [-0.2, 0) is 11.2 Å². The Morgan fingerprint density at radius 2 is 2.10 bits per heavy atom. The molecule has 21 heavy (non-hydrogen) atoms. The topological polar surface area (TPSA) is 79.7 Å². The summed E-state index contributed by atoms with van der Waals surface area (Å²) in [6, 6.07) is 1.58. The summed E-state index contributed by atoms with van der Waals surface area (Å²) in [5.41, 5.74) is 0.901. The average Bonchev–Trinajstić information content (AvgIpc) is 2.47. The summed E-state index contributed by atoms with van der Waals surface area (Å²) in [4.78, 5) is 28.6. The average molecular weight is 292 g/mol. The van der Waals surface area contributed by atoms with E-state index >= 15 is 0 Å².